The molecule has 0 aromatic heterocycles. The van der Waals surface area contributed by atoms with E-state index in [1.165, 1.54) is 0 Å². The van der Waals surface area contributed by atoms with Crippen LogP contribution in [-0.4, -0.2) is 19.0 Å². The molecular formula is C13H24O2. The molecule has 2 heteroatoms. The van der Waals surface area contributed by atoms with Gasteiger partial charge in [0, 0.05) is 26.1 Å². The lowest BCUT2D eigenvalue weighted by Crippen LogP contribution is -2.19. The van der Waals surface area contributed by atoms with Crippen molar-refractivity contribution in [1.29, 1.82) is 0 Å². The lowest BCUT2D eigenvalue weighted by molar-refractivity contribution is -0.121. The van der Waals surface area contributed by atoms with Crippen LogP contribution in [0.2, 0.25) is 0 Å². The summed E-state index contributed by atoms with van der Waals surface area (Å²) in [5.74, 6) is 1.03. The maximum absolute atomic E-state index is 11.7. The van der Waals surface area contributed by atoms with E-state index in [-0.39, 0.29) is 5.41 Å². The molecule has 0 atom stereocenters. The van der Waals surface area contributed by atoms with Gasteiger partial charge in [0.2, 0.25) is 0 Å². The molecule has 0 saturated carbocycles. The molecule has 0 bridgehead atoms. The van der Waals surface area contributed by atoms with Crippen molar-refractivity contribution in [2.24, 2.45) is 11.3 Å². The molecule has 1 saturated heterocycles. The number of ether oxygens (including phenoxy) is 1. The topological polar surface area (TPSA) is 26.3 Å². The molecule has 15 heavy (non-hydrogen) atoms. The Morgan fingerprint density at radius 2 is 1.87 bits per heavy atom. The van der Waals surface area contributed by atoms with Gasteiger partial charge in [0.15, 0.2) is 0 Å². The highest BCUT2D eigenvalue weighted by molar-refractivity contribution is 5.78. The number of Topliss-reactive ketones (excluding diaryl/α,β-unsaturated/α-hetero) is 1. The van der Waals surface area contributed by atoms with Crippen LogP contribution < -0.4 is 0 Å². The Morgan fingerprint density at radius 3 is 2.40 bits per heavy atom. The molecule has 88 valence electrons. The maximum Gasteiger partial charge on any atom is 0.133 e. The second-order valence-electron chi connectivity index (χ2n) is 5.86. The van der Waals surface area contributed by atoms with Crippen molar-refractivity contribution in [3.63, 3.8) is 0 Å². The SMILES string of the molecule is CC(C)(C)CCC(=O)CC1CCOCC1. The minimum atomic E-state index is 0.283. The summed E-state index contributed by atoms with van der Waals surface area (Å²) in [5.41, 5.74) is 0.283. The number of carbonyl (C=O) groups excluding carboxylic acids is 1. The minimum absolute atomic E-state index is 0.283. The van der Waals surface area contributed by atoms with Crippen molar-refractivity contribution in [2.45, 2.75) is 52.9 Å². The van der Waals surface area contributed by atoms with Gasteiger partial charge < -0.3 is 4.74 Å². The van der Waals surface area contributed by atoms with Gasteiger partial charge in [-0.25, -0.2) is 0 Å². The first-order valence-corrected chi connectivity index (χ1v) is 6.07. The smallest absolute Gasteiger partial charge is 0.133 e. The number of carbonyl (C=O) groups is 1. The molecule has 0 aromatic rings. The highest BCUT2D eigenvalue weighted by Gasteiger charge is 2.19. The predicted octanol–water partition coefficient (Wildman–Crippen LogP) is 3.20. The van der Waals surface area contributed by atoms with Crippen LogP contribution in [0.15, 0.2) is 0 Å². The molecule has 2 nitrogen and oxygen atoms in total. The van der Waals surface area contributed by atoms with Crippen molar-refractivity contribution >= 4 is 5.78 Å². The molecule has 1 fully saturated rings. The van der Waals surface area contributed by atoms with Crippen molar-refractivity contribution in [1.82, 2.24) is 0 Å². The van der Waals surface area contributed by atoms with E-state index in [2.05, 4.69) is 20.8 Å². The predicted molar refractivity (Wildman–Crippen MR) is 61.9 cm³/mol. The third kappa shape index (κ3) is 5.93. The molecule has 1 aliphatic rings. The Morgan fingerprint density at radius 1 is 1.27 bits per heavy atom. The van der Waals surface area contributed by atoms with Crippen LogP contribution in [0.5, 0.6) is 0 Å². The molecule has 0 aromatic carbocycles. The van der Waals surface area contributed by atoms with Crippen LogP contribution in [0.1, 0.15) is 52.9 Å². The van der Waals surface area contributed by atoms with Gasteiger partial charge in [-0.1, -0.05) is 20.8 Å². The monoisotopic (exact) mass is 212 g/mol. The summed E-state index contributed by atoms with van der Waals surface area (Å²) in [6.07, 6.45) is 4.68. The minimum Gasteiger partial charge on any atom is -0.381 e. The fourth-order valence-corrected chi connectivity index (χ4v) is 1.89. The number of rotatable bonds is 4. The zero-order valence-corrected chi connectivity index (χ0v) is 10.3. The van der Waals surface area contributed by atoms with E-state index >= 15 is 0 Å². The summed E-state index contributed by atoms with van der Waals surface area (Å²) in [6, 6.07) is 0. The van der Waals surface area contributed by atoms with Gasteiger partial charge >= 0.3 is 0 Å². The highest BCUT2D eigenvalue weighted by atomic mass is 16.5. The van der Waals surface area contributed by atoms with Crippen LogP contribution in [0, 0.1) is 11.3 Å². The van der Waals surface area contributed by atoms with Crippen LogP contribution in [0.25, 0.3) is 0 Å². The van der Waals surface area contributed by atoms with Crippen molar-refractivity contribution in [3.05, 3.63) is 0 Å². The average molecular weight is 212 g/mol. The molecular weight excluding hydrogens is 188 g/mol. The van der Waals surface area contributed by atoms with Gasteiger partial charge in [-0.3, -0.25) is 4.79 Å². The second-order valence-corrected chi connectivity index (χ2v) is 5.86. The fraction of sp³-hybridized carbons (Fsp3) is 0.923. The summed E-state index contributed by atoms with van der Waals surface area (Å²) in [5, 5.41) is 0. The van der Waals surface area contributed by atoms with E-state index in [1.807, 2.05) is 0 Å². The quantitative estimate of drug-likeness (QED) is 0.715. The summed E-state index contributed by atoms with van der Waals surface area (Å²) in [6.45, 7) is 8.26. The van der Waals surface area contributed by atoms with E-state index < -0.39 is 0 Å². The Hall–Kier alpha value is -0.370. The molecule has 1 rings (SSSR count). The van der Waals surface area contributed by atoms with Crippen LogP contribution >= 0.6 is 0 Å². The van der Waals surface area contributed by atoms with E-state index in [0.29, 0.717) is 11.7 Å². The molecule has 0 spiro atoms. The Kier molecular flexibility index (Phi) is 4.78. The lowest BCUT2D eigenvalue weighted by Gasteiger charge is -2.22. The Balaban J connectivity index is 2.17. The molecule has 0 amide bonds. The first kappa shape index (κ1) is 12.7. The van der Waals surface area contributed by atoms with Crippen molar-refractivity contribution < 1.29 is 9.53 Å². The molecule has 0 unspecified atom stereocenters. The highest BCUT2D eigenvalue weighted by Crippen LogP contribution is 2.24. The molecule has 1 heterocycles. The van der Waals surface area contributed by atoms with Crippen molar-refractivity contribution in [3.8, 4) is 0 Å². The third-order valence-corrected chi connectivity index (χ3v) is 3.01. The zero-order chi connectivity index (χ0) is 11.3. The van der Waals surface area contributed by atoms with Crippen molar-refractivity contribution in [2.75, 3.05) is 13.2 Å². The van der Waals surface area contributed by atoms with E-state index in [4.69, 9.17) is 4.74 Å². The van der Waals surface area contributed by atoms with Gasteiger partial charge in [0.05, 0.1) is 0 Å². The number of ketones is 1. The normalized spacial score (nSPS) is 19.1. The summed E-state index contributed by atoms with van der Waals surface area (Å²) < 4.78 is 5.28. The molecule has 0 radical (unpaired) electrons. The largest absolute Gasteiger partial charge is 0.381 e. The number of hydrogen-bond acceptors (Lipinski definition) is 2. The van der Waals surface area contributed by atoms with E-state index in [9.17, 15) is 4.79 Å². The molecule has 0 aliphatic carbocycles. The lowest BCUT2D eigenvalue weighted by atomic mass is 9.87. The molecule has 0 N–H and O–H groups in total. The standard InChI is InChI=1S/C13H24O2/c1-13(2,3)7-4-12(14)10-11-5-8-15-9-6-11/h11H,4-10H2,1-3H3. The summed E-state index contributed by atoms with van der Waals surface area (Å²) in [7, 11) is 0. The van der Waals surface area contributed by atoms with Gasteiger partial charge in [0.25, 0.3) is 0 Å². The summed E-state index contributed by atoms with van der Waals surface area (Å²) in [4.78, 5) is 11.7. The summed E-state index contributed by atoms with van der Waals surface area (Å²) >= 11 is 0. The first-order valence-electron chi connectivity index (χ1n) is 6.07. The van der Waals surface area contributed by atoms with Gasteiger partial charge in [-0.2, -0.15) is 0 Å². The Labute approximate surface area is 93.4 Å². The average Bonchev–Trinajstić information content (AvgIpc) is 2.15. The maximum atomic E-state index is 11.7. The zero-order valence-electron chi connectivity index (χ0n) is 10.3. The number of hydrogen-bond donors (Lipinski definition) is 0. The molecule has 1 aliphatic heterocycles. The van der Waals surface area contributed by atoms with E-state index in [1.54, 1.807) is 0 Å². The third-order valence-electron chi connectivity index (χ3n) is 3.01. The van der Waals surface area contributed by atoms with Crippen LogP contribution in [0.3, 0.4) is 0 Å². The van der Waals surface area contributed by atoms with Crippen LogP contribution in [-0.2, 0) is 9.53 Å². The van der Waals surface area contributed by atoms with Crippen LogP contribution in [0.4, 0.5) is 0 Å². The first-order chi connectivity index (χ1) is 6.97. The van der Waals surface area contributed by atoms with Gasteiger partial charge in [0.1, 0.15) is 5.78 Å². The van der Waals surface area contributed by atoms with Gasteiger partial charge in [-0.15, -0.1) is 0 Å². The van der Waals surface area contributed by atoms with Gasteiger partial charge in [-0.05, 0) is 30.6 Å². The fourth-order valence-electron chi connectivity index (χ4n) is 1.89. The Bertz CT molecular complexity index is 197. The van der Waals surface area contributed by atoms with E-state index in [0.717, 1.165) is 45.3 Å². The second kappa shape index (κ2) is 5.64.